The quantitative estimate of drug-likeness (QED) is 0.440. The third kappa shape index (κ3) is 6.52. The van der Waals surface area contributed by atoms with Gasteiger partial charge in [0.15, 0.2) is 0 Å². The summed E-state index contributed by atoms with van der Waals surface area (Å²) in [6.45, 7) is 3.47. The van der Waals surface area contributed by atoms with Gasteiger partial charge in [0.05, 0.1) is 12.4 Å². The van der Waals surface area contributed by atoms with Crippen molar-refractivity contribution >= 4 is 11.8 Å². The number of amides is 2. The first-order chi connectivity index (χ1) is 15.0. The summed E-state index contributed by atoms with van der Waals surface area (Å²) in [5, 5.41) is 15.1. The van der Waals surface area contributed by atoms with Crippen molar-refractivity contribution in [3.05, 3.63) is 78.4 Å². The molecule has 0 aliphatic rings. The van der Waals surface area contributed by atoms with Gasteiger partial charge in [0.2, 0.25) is 0 Å². The van der Waals surface area contributed by atoms with Gasteiger partial charge in [-0.15, -0.1) is 0 Å². The SMILES string of the molecule is CC(O)CCNC(=O)c1ccc(-c2ccccc2C(=O)NCCCn2ccnc2)cc1. The van der Waals surface area contributed by atoms with Crippen molar-refractivity contribution in [1.82, 2.24) is 20.2 Å². The van der Waals surface area contributed by atoms with E-state index in [0.717, 1.165) is 24.1 Å². The first-order valence-corrected chi connectivity index (χ1v) is 10.4. The zero-order chi connectivity index (χ0) is 22.1. The second-order valence-electron chi connectivity index (χ2n) is 7.43. The minimum atomic E-state index is -0.448. The summed E-state index contributed by atoms with van der Waals surface area (Å²) in [6, 6.07) is 14.6. The largest absolute Gasteiger partial charge is 0.393 e. The molecule has 0 spiro atoms. The zero-order valence-corrected chi connectivity index (χ0v) is 17.6. The topological polar surface area (TPSA) is 96.3 Å². The van der Waals surface area contributed by atoms with Gasteiger partial charge in [-0.05, 0) is 49.1 Å². The summed E-state index contributed by atoms with van der Waals surface area (Å²) in [4.78, 5) is 29.0. The summed E-state index contributed by atoms with van der Waals surface area (Å²) in [5.41, 5.74) is 2.82. The summed E-state index contributed by atoms with van der Waals surface area (Å²) in [6.07, 6.45) is 6.26. The van der Waals surface area contributed by atoms with E-state index in [1.54, 1.807) is 37.6 Å². The van der Waals surface area contributed by atoms with Gasteiger partial charge in [-0.1, -0.05) is 30.3 Å². The molecule has 0 saturated heterocycles. The lowest BCUT2D eigenvalue weighted by Gasteiger charge is -2.11. The van der Waals surface area contributed by atoms with Crippen LogP contribution in [0.2, 0.25) is 0 Å². The average molecular weight is 421 g/mol. The second-order valence-corrected chi connectivity index (χ2v) is 7.43. The van der Waals surface area contributed by atoms with E-state index >= 15 is 0 Å². The van der Waals surface area contributed by atoms with Crippen molar-refractivity contribution in [2.75, 3.05) is 13.1 Å². The number of rotatable bonds is 10. The molecule has 0 fully saturated rings. The van der Waals surface area contributed by atoms with Gasteiger partial charge in [-0.3, -0.25) is 9.59 Å². The number of aromatic nitrogens is 2. The Morgan fingerprint density at radius 2 is 1.77 bits per heavy atom. The fraction of sp³-hybridized carbons (Fsp3) is 0.292. The van der Waals surface area contributed by atoms with Gasteiger partial charge in [-0.2, -0.15) is 0 Å². The number of nitrogens with one attached hydrogen (secondary N) is 2. The third-order valence-electron chi connectivity index (χ3n) is 4.92. The lowest BCUT2D eigenvalue weighted by atomic mass is 9.98. The van der Waals surface area contributed by atoms with Crippen molar-refractivity contribution < 1.29 is 14.7 Å². The Labute approximate surface area is 182 Å². The Hall–Kier alpha value is -3.45. The Morgan fingerprint density at radius 1 is 1.03 bits per heavy atom. The Morgan fingerprint density at radius 3 is 2.48 bits per heavy atom. The van der Waals surface area contributed by atoms with Crippen molar-refractivity contribution in [2.45, 2.75) is 32.4 Å². The molecule has 1 unspecified atom stereocenters. The van der Waals surface area contributed by atoms with E-state index in [2.05, 4.69) is 15.6 Å². The molecule has 162 valence electrons. The fourth-order valence-corrected chi connectivity index (χ4v) is 3.21. The summed E-state index contributed by atoms with van der Waals surface area (Å²) < 4.78 is 1.97. The second kappa shape index (κ2) is 11.1. The monoisotopic (exact) mass is 420 g/mol. The smallest absolute Gasteiger partial charge is 0.251 e. The van der Waals surface area contributed by atoms with Crippen LogP contribution in [0.4, 0.5) is 0 Å². The van der Waals surface area contributed by atoms with Gasteiger partial charge in [0.1, 0.15) is 0 Å². The van der Waals surface area contributed by atoms with Crippen LogP contribution >= 0.6 is 0 Å². The third-order valence-corrected chi connectivity index (χ3v) is 4.92. The van der Waals surface area contributed by atoms with E-state index in [9.17, 15) is 14.7 Å². The maximum absolute atomic E-state index is 12.7. The van der Waals surface area contributed by atoms with Crippen LogP contribution in [0.25, 0.3) is 11.1 Å². The molecule has 3 rings (SSSR count). The van der Waals surface area contributed by atoms with Crippen LogP contribution in [-0.4, -0.2) is 45.7 Å². The number of carbonyl (C=O) groups is 2. The van der Waals surface area contributed by atoms with Crippen molar-refractivity contribution in [2.24, 2.45) is 0 Å². The Bertz CT molecular complexity index is 982. The summed E-state index contributed by atoms with van der Waals surface area (Å²) in [7, 11) is 0. The molecule has 0 aliphatic heterocycles. The molecule has 0 bridgehead atoms. The van der Waals surface area contributed by atoms with Crippen LogP contribution in [-0.2, 0) is 6.54 Å². The van der Waals surface area contributed by atoms with Gasteiger partial charge in [-0.25, -0.2) is 4.98 Å². The molecule has 7 heteroatoms. The normalized spacial score (nSPS) is 11.7. The van der Waals surface area contributed by atoms with Crippen LogP contribution in [0, 0.1) is 0 Å². The highest BCUT2D eigenvalue weighted by molar-refractivity contribution is 6.01. The number of aliphatic hydroxyl groups excluding tert-OH is 1. The number of hydrogen-bond acceptors (Lipinski definition) is 4. The first kappa shape index (κ1) is 22.2. The molecule has 1 atom stereocenters. The number of nitrogens with zero attached hydrogens (tertiary/aromatic N) is 2. The zero-order valence-electron chi connectivity index (χ0n) is 17.6. The number of benzene rings is 2. The predicted octanol–water partition coefficient (Wildman–Crippen LogP) is 2.87. The lowest BCUT2D eigenvalue weighted by Crippen LogP contribution is -2.26. The molecule has 7 nitrogen and oxygen atoms in total. The Kier molecular flexibility index (Phi) is 7.95. The minimum Gasteiger partial charge on any atom is -0.393 e. The van der Waals surface area contributed by atoms with Crippen molar-refractivity contribution in [3.8, 4) is 11.1 Å². The van der Waals surface area contributed by atoms with Crippen LogP contribution < -0.4 is 10.6 Å². The van der Waals surface area contributed by atoms with E-state index in [1.165, 1.54) is 0 Å². The molecule has 1 aromatic heterocycles. The standard InChI is InChI=1S/C24H28N4O3/c1-18(29)11-13-27-23(30)20-9-7-19(8-10-20)21-5-2-3-6-22(21)24(31)26-12-4-15-28-16-14-25-17-28/h2-3,5-10,14,16-18,29H,4,11-13,15H2,1H3,(H,26,31)(H,27,30). The lowest BCUT2D eigenvalue weighted by molar-refractivity contribution is 0.0939. The molecular weight excluding hydrogens is 392 g/mol. The number of hydrogen-bond donors (Lipinski definition) is 3. The molecule has 3 N–H and O–H groups in total. The molecule has 1 heterocycles. The van der Waals surface area contributed by atoms with Crippen LogP contribution in [0.1, 0.15) is 40.5 Å². The minimum absolute atomic E-state index is 0.124. The van der Waals surface area contributed by atoms with E-state index in [4.69, 9.17) is 0 Å². The van der Waals surface area contributed by atoms with E-state index in [-0.39, 0.29) is 11.8 Å². The van der Waals surface area contributed by atoms with Crippen molar-refractivity contribution in [1.29, 1.82) is 0 Å². The van der Waals surface area contributed by atoms with Crippen LogP contribution in [0.15, 0.2) is 67.3 Å². The van der Waals surface area contributed by atoms with E-state index in [1.807, 2.05) is 41.1 Å². The molecule has 2 amide bonds. The van der Waals surface area contributed by atoms with Gasteiger partial charge in [0, 0.05) is 43.2 Å². The molecular formula is C24H28N4O3. The Balaban J connectivity index is 1.61. The highest BCUT2D eigenvalue weighted by Gasteiger charge is 2.13. The average Bonchev–Trinajstić information content (AvgIpc) is 3.30. The number of imidazole rings is 1. The maximum Gasteiger partial charge on any atom is 0.251 e. The van der Waals surface area contributed by atoms with E-state index in [0.29, 0.717) is 30.6 Å². The molecule has 0 radical (unpaired) electrons. The van der Waals surface area contributed by atoms with Crippen molar-refractivity contribution in [3.63, 3.8) is 0 Å². The van der Waals surface area contributed by atoms with E-state index < -0.39 is 6.10 Å². The molecule has 3 aromatic rings. The van der Waals surface area contributed by atoms with Crippen LogP contribution in [0.3, 0.4) is 0 Å². The molecule has 0 saturated carbocycles. The van der Waals surface area contributed by atoms with Gasteiger partial charge < -0.3 is 20.3 Å². The molecule has 31 heavy (non-hydrogen) atoms. The first-order valence-electron chi connectivity index (χ1n) is 10.4. The maximum atomic E-state index is 12.7. The van der Waals surface area contributed by atoms with Crippen LogP contribution in [0.5, 0.6) is 0 Å². The summed E-state index contributed by atoms with van der Waals surface area (Å²) in [5.74, 6) is -0.308. The number of aliphatic hydroxyl groups is 1. The number of carbonyl (C=O) groups excluding carboxylic acids is 2. The predicted molar refractivity (Wildman–Crippen MR) is 120 cm³/mol. The highest BCUT2D eigenvalue weighted by atomic mass is 16.3. The molecule has 0 aliphatic carbocycles. The molecule has 2 aromatic carbocycles. The fourth-order valence-electron chi connectivity index (χ4n) is 3.21. The van der Waals surface area contributed by atoms with Gasteiger partial charge >= 0.3 is 0 Å². The number of aryl methyl sites for hydroxylation is 1. The van der Waals surface area contributed by atoms with Gasteiger partial charge in [0.25, 0.3) is 11.8 Å². The summed E-state index contributed by atoms with van der Waals surface area (Å²) >= 11 is 0. The highest BCUT2D eigenvalue weighted by Crippen LogP contribution is 2.24.